The minimum absolute atomic E-state index is 0.269. The van der Waals surface area contributed by atoms with Gasteiger partial charge in [-0.25, -0.2) is 0 Å². The lowest BCUT2D eigenvalue weighted by atomic mass is 10.1. The second kappa shape index (κ2) is 6.83. The molecule has 0 aliphatic rings. The molecule has 22 heavy (non-hydrogen) atoms. The molecular weight excluding hydrogens is 315 g/mol. The zero-order valence-corrected chi connectivity index (χ0v) is 12.2. The first kappa shape index (κ1) is 16.4. The molecule has 2 aromatic carbocycles. The Hall–Kier alpha value is -2.01. The number of hydrogen-bond donors (Lipinski definition) is 1. The molecule has 0 unspecified atom stereocenters. The SMILES string of the molecule is O=C(NCCc1ccc(C(F)(F)F)cc1)c1cccc(Cl)c1. The molecule has 0 spiro atoms. The van der Waals surface area contributed by atoms with E-state index in [9.17, 15) is 18.0 Å². The van der Waals surface area contributed by atoms with Crippen molar-refractivity contribution in [2.24, 2.45) is 0 Å². The third-order valence-electron chi connectivity index (χ3n) is 3.07. The van der Waals surface area contributed by atoms with Gasteiger partial charge in [-0.3, -0.25) is 4.79 Å². The van der Waals surface area contributed by atoms with Crippen LogP contribution in [0.4, 0.5) is 13.2 Å². The lowest BCUT2D eigenvalue weighted by molar-refractivity contribution is -0.137. The van der Waals surface area contributed by atoms with Gasteiger partial charge in [-0.2, -0.15) is 13.2 Å². The molecule has 0 saturated heterocycles. The van der Waals surface area contributed by atoms with E-state index in [1.165, 1.54) is 12.1 Å². The highest BCUT2D eigenvalue weighted by atomic mass is 35.5. The van der Waals surface area contributed by atoms with Gasteiger partial charge < -0.3 is 5.32 Å². The normalized spacial score (nSPS) is 11.3. The monoisotopic (exact) mass is 327 g/mol. The molecule has 1 amide bonds. The van der Waals surface area contributed by atoms with Gasteiger partial charge in [-0.1, -0.05) is 29.8 Å². The van der Waals surface area contributed by atoms with Crippen molar-refractivity contribution in [3.05, 3.63) is 70.2 Å². The van der Waals surface area contributed by atoms with Crippen molar-refractivity contribution in [3.8, 4) is 0 Å². The molecule has 116 valence electrons. The number of carbonyl (C=O) groups is 1. The first-order valence-electron chi connectivity index (χ1n) is 6.56. The number of nitrogens with one attached hydrogen (secondary N) is 1. The largest absolute Gasteiger partial charge is 0.416 e. The maximum absolute atomic E-state index is 12.4. The average Bonchev–Trinajstić information content (AvgIpc) is 2.47. The number of alkyl halides is 3. The Morgan fingerprint density at radius 1 is 1.09 bits per heavy atom. The summed E-state index contributed by atoms with van der Waals surface area (Å²) in [5.74, 6) is -0.269. The molecule has 0 atom stereocenters. The van der Waals surface area contributed by atoms with Crippen LogP contribution in [0.3, 0.4) is 0 Å². The molecule has 0 radical (unpaired) electrons. The summed E-state index contributed by atoms with van der Waals surface area (Å²) in [7, 11) is 0. The summed E-state index contributed by atoms with van der Waals surface area (Å²) in [6.45, 7) is 0.330. The molecule has 0 aromatic heterocycles. The maximum Gasteiger partial charge on any atom is 0.416 e. The van der Waals surface area contributed by atoms with Gasteiger partial charge in [0.2, 0.25) is 0 Å². The molecule has 0 fully saturated rings. The van der Waals surface area contributed by atoms with E-state index < -0.39 is 11.7 Å². The molecule has 0 bridgehead atoms. The van der Waals surface area contributed by atoms with E-state index >= 15 is 0 Å². The van der Waals surface area contributed by atoms with Gasteiger partial charge in [0.15, 0.2) is 0 Å². The summed E-state index contributed by atoms with van der Waals surface area (Å²) in [6, 6.07) is 11.4. The highest BCUT2D eigenvalue weighted by Crippen LogP contribution is 2.29. The molecule has 0 saturated carbocycles. The summed E-state index contributed by atoms with van der Waals surface area (Å²) in [4.78, 5) is 11.9. The smallest absolute Gasteiger partial charge is 0.352 e. The molecule has 2 aromatic rings. The van der Waals surface area contributed by atoms with E-state index in [4.69, 9.17) is 11.6 Å². The summed E-state index contributed by atoms with van der Waals surface area (Å²) < 4.78 is 37.3. The Labute approximate surface area is 130 Å². The highest BCUT2D eigenvalue weighted by molar-refractivity contribution is 6.30. The van der Waals surface area contributed by atoms with Gasteiger partial charge in [-0.05, 0) is 42.3 Å². The number of amides is 1. The van der Waals surface area contributed by atoms with E-state index in [0.29, 0.717) is 23.6 Å². The van der Waals surface area contributed by atoms with Crippen LogP contribution in [0, 0.1) is 0 Å². The van der Waals surface area contributed by atoms with Crippen LogP contribution >= 0.6 is 11.6 Å². The number of halogens is 4. The predicted molar refractivity (Wildman–Crippen MR) is 78.9 cm³/mol. The van der Waals surface area contributed by atoms with Gasteiger partial charge in [0.1, 0.15) is 0 Å². The Balaban J connectivity index is 1.87. The van der Waals surface area contributed by atoms with Crippen molar-refractivity contribution in [2.45, 2.75) is 12.6 Å². The van der Waals surface area contributed by atoms with Crippen molar-refractivity contribution >= 4 is 17.5 Å². The van der Waals surface area contributed by atoms with Crippen molar-refractivity contribution < 1.29 is 18.0 Å². The maximum atomic E-state index is 12.4. The lowest BCUT2D eigenvalue weighted by Gasteiger charge is -2.08. The van der Waals surface area contributed by atoms with Crippen LogP contribution in [0.15, 0.2) is 48.5 Å². The molecule has 2 nitrogen and oxygen atoms in total. The second-order valence-electron chi connectivity index (χ2n) is 4.71. The van der Waals surface area contributed by atoms with E-state index in [-0.39, 0.29) is 5.91 Å². The fraction of sp³-hybridized carbons (Fsp3) is 0.188. The van der Waals surface area contributed by atoms with Crippen molar-refractivity contribution in [2.75, 3.05) is 6.54 Å². The van der Waals surface area contributed by atoms with Crippen LogP contribution in [-0.4, -0.2) is 12.5 Å². The summed E-state index contributed by atoms with van der Waals surface area (Å²) >= 11 is 5.80. The van der Waals surface area contributed by atoms with E-state index in [1.807, 2.05) is 0 Å². The summed E-state index contributed by atoms with van der Waals surface area (Å²) in [5.41, 5.74) is 0.485. The molecule has 0 aliphatic carbocycles. The molecule has 0 heterocycles. The minimum Gasteiger partial charge on any atom is -0.352 e. The predicted octanol–water partition coefficient (Wildman–Crippen LogP) is 4.33. The second-order valence-corrected chi connectivity index (χ2v) is 5.15. The van der Waals surface area contributed by atoms with E-state index in [0.717, 1.165) is 17.7 Å². The first-order chi connectivity index (χ1) is 10.4. The Morgan fingerprint density at radius 3 is 2.36 bits per heavy atom. The van der Waals surface area contributed by atoms with E-state index in [1.54, 1.807) is 24.3 Å². The lowest BCUT2D eigenvalue weighted by Crippen LogP contribution is -2.25. The van der Waals surface area contributed by atoms with Crippen molar-refractivity contribution in [1.29, 1.82) is 0 Å². The van der Waals surface area contributed by atoms with Crippen LogP contribution in [0.2, 0.25) is 5.02 Å². The number of carbonyl (C=O) groups excluding carboxylic acids is 1. The van der Waals surface area contributed by atoms with Crippen molar-refractivity contribution in [1.82, 2.24) is 5.32 Å². The topological polar surface area (TPSA) is 29.1 Å². The first-order valence-corrected chi connectivity index (χ1v) is 6.94. The summed E-state index contributed by atoms with van der Waals surface area (Å²) in [5, 5.41) is 3.17. The average molecular weight is 328 g/mol. The quantitative estimate of drug-likeness (QED) is 0.889. The third-order valence-corrected chi connectivity index (χ3v) is 3.30. The van der Waals surface area contributed by atoms with Gasteiger partial charge in [0.05, 0.1) is 5.56 Å². The van der Waals surface area contributed by atoms with Crippen LogP contribution < -0.4 is 5.32 Å². The molecular formula is C16H13ClF3NO. The zero-order valence-electron chi connectivity index (χ0n) is 11.5. The van der Waals surface area contributed by atoms with Gasteiger partial charge in [-0.15, -0.1) is 0 Å². The minimum atomic E-state index is -4.33. The van der Waals surface area contributed by atoms with Crippen LogP contribution in [0.1, 0.15) is 21.5 Å². The Bertz CT molecular complexity index is 653. The molecule has 6 heteroatoms. The Kier molecular flexibility index (Phi) is 5.08. The number of hydrogen-bond acceptors (Lipinski definition) is 1. The Morgan fingerprint density at radius 2 is 1.77 bits per heavy atom. The number of benzene rings is 2. The third kappa shape index (κ3) is 4.49. The van der Waals surface area contributed by atoms with E-state index in [2.05, 4.69) is 5.32 Å². The van der Waals surface area contributed by atoms with Crippen LogP contribution in [-0.2, 0) is 12.6 Å². The fourth-order valence-corrected chi connectivity index (χ4v) is 2.10. The van der Waals surface area contributed by atoms with Gasteiger partial charge >= 0.3 is 6.18 Å². The molecule has 0 aliphatic heterocycles. The highest BCUT2D eigenvalue weighted by Gasteiger charge is 2.29. The van der Waals surface area contributed by atoms with Crippen LogP contribution in [0.25, 0.3) is 0 Å². The van der Waals surface area contributed by atoms with Gasteiger partial charge in [0.25, 0.3) is 5.91 Å². The standard InChI is InChI=1S/C16H13ClF3NO/c17-14-3-1-2-12(10-14)15(22)21-9-8-11-4-6-13(7-5-11)16(18,19)20/h1-7,10H,8-9H2,(H,21,22). The molecule has 1 N–H and O–H groups in total. The summed E-state index contributed by atoms with van der Waals surface area (Å²) in [6.07, 6.45) is -3.89. The molecule has 2 rings (SSSR count). The fourth-order valence-electron chi connectivity index (χ4n) is 1.91. The van der Waals surface area contributed by atoms with Gasteiger partial charge in [0, 0.05) is 17.1 Å². The number of rotatable bonds is 4. The van der Waals surface area contributed by atoms with Crippen LogP contribution in [0.5, 0.6) is 0 Å². The van der Waals surface area contributed by atoms with Crippen molar-refractivity contribution in [3.63, 3.8) is 0 Å². The zero-order chi connectivity index (χ0) is 16.2.